The minimum atomic E-state index is 1.11. The van der Waals surface area contributed by atoms with E-state index in [4.69, 9.17) is 0 Å². The lowest BCUT2D eigenvalue weighted by molar-refractivity contribution is 1.29. The third-order valence-electron chi connectivity index (χ3n) is 10.5. The van der Waals surface area contributed by atoms with Gasteiger partial charge in [0, 0.05) is 37.1 Å². The van der Waals surface area contributed by atoms with Gasteiger partial charge in [-0.15, -0.1) is 11.3 Å². The Hall–Kier alpha value is -6.74. The second-order valence-corrected chi connectivity index (χ2v) is 14.9. The molecule has 0 amide bonds. The van der Waals surface area contributed by atoms with Crippen LogP contribution in [0.4, 0.5) is 17.1 Å². The summed E-state index contributed by atoms with van der Waals surface area (Å²) in [7, 11) is 0. The summed E-state index contributed by atoms with van der Waals surface area (Å²) in [4.78, 5) is 2.41. The molecule has 0 saturated heterocycles. The zero-order valence-electron chi connectivity index (χ0n) is 29.6. The van der Waals surface area contributed by atoms with E-state index in [0.717, 1.165) is 17.1 Å². The third-order valence-corrected chi connectivity index (χ3v) is 11.6. The number of hydrogen-bond acceptors (Lipinski definition) is 2. The van der Waals surface area contributed by atoms with Gasteiger partial charge in [0.1, 0.15) is 0 Å². The molecule has 0 spiro atoms. The average Bonchev–Trinajstić information content (AvgIpc) is 3.62. The van der Waals surface area contributed by atoms with Crippen molar-refractivity contribution in [2.45, 2.75) is 0 Å². The van der Waals surface area contributed by atoms with Crippen molar-refractivity contribution in [1.82, 2.24) is 0 Å². The maximum atomic E-state index is 2.41. The molecule has 0 saturated carbocycles. The fraction of sp³-hybridized carbons (Fsp3) is 0. The fourth-order valence-electron chi connectivity index (χ4n) is 7.74. The standard InChI is InChI=1S/C52H35NS/c1-2-13-38(14-3-1)47-20-6-8-22-50(47)53(46-30-31-49-48-21-7-9-23-51(48)54-52(49)35-46)45-28-26-37(27-29-45)40-16-10-17-41(32-40)42-18-11-19-43(34-42)44-25-24-36-12-4-5-15-39(36)33-44/h1-35H. The fourth-order valence-corrected chi connectivity index (χ4v) is 8.88. The van der Waals surface area contributed by atoms with Gasteiger partial charge in [-0.3, -0.25) is 0 Å². The van der Waals surface area contributed by atoms with Crippen molar-refractivity contribution < 1.29 is 0 Å². The minimum Gasteiger partial charge on any atom is -0.310 e. The zero-order chi connectivity index (χ0) is 35.8. The van der Waals surface area contributed by atoms with Crippen LogP contribution in [0.3, 0.4) is 0 Å². The number of para-hydroxylation sites is 1. The first-order valence-corrected chi connectivity index (χ1v) is 19.2. The van der Waals surface area contributed by atoms with E-state index in [-0.39, 0.29) is 0 Å². The van der Waals surface area contributed by atoms with E-state index >= 15 is 0 Å². The molecule has 9 aromatic carbocycles. The van der Waals surface area contributed by atoms with Crippen LogP contribution in [0.2, 0.25) is 0 Å². The molecule has 0 aliphatic rings. The van der Waals surface area contributed by atoms with E-state index in [1.54, 1.807) is 0 Å². The molecule has 10 aromatic rings. The van der Waals surface area contributed by atoms with Crippen molar-refractivity contribution >= 4 is 59.3 Å². The molecule has 254 valence electrons. The number of hydrogen-bond donors (Lipinski definition) is 0. The molecule has 0 bridgehead atoms. The number of anilines is 3. The third kappa shape index (κ3) is 5.93. The van der Waals surface area contributed by atoms with Gasteiger partial charge >= 0.3 is 0 Å². The Labute approximate surface area is 319 Å². The van der Waals surface area contributed by atoms with E-state index in [9.17, 15) is 0 Å². The van der Waals surface area contributed by atoms with Gasteiger partial charge in [-0.1, -0.05) is 158 Å². The summed E-state index contributed by atoms with van der Waals surface area (Å²) in [5.74, 6) is 0. The SMILES string of the molecule is c1ccc(-c2ccccc2N(c2ccc(-c3cccc(-c4cccc(-c5ccc6ccccc6c5)c4)c3)cc2)c2ccc3c(c2)sc2ccccc23)cc1. The number of thiophene rings is 1. The summed E-state index contributed by atoms with van der Waals surface area (Å²) in [6.07, 6.45) is 0. The highest BCUT2D eigenvalue weighted by Gasteiger charge is 2.18. The molecule has 0 atom stereocenters. The Bertz CT molecular complexity index is 2940. The molecule has 1 heterocycles. The maximum absolute atomic E-state index is 2.41. The van der Waals surface area contributed by atoms with E-state index in [1.807, 2.05) is 11.3 Å². The van der Waals surface area contributed by atoms with Crippen LogP contribution >= 0.6 is 11.3 Å². The Morgan fingerprint density at radius 2 is 0.852 bits per heavy atom. The van der Waals surface area contributed by atoms with Gasteiger partial charge in [-0.05, 0) is 104 Å². The van der Waals surface area contributed by atoms with Gasteiger partial charge in [0.05, 0.1) is 5.69 Å². The molecule has 10 rings (SSSR count). The van der Waals surface area contributed by atoms with Gasteiger partial charge in [-0.2, -0.15) is 0 Å². The smallest absolute Gasteiger partial charge is 0.0540 e. The lowest BCUT2D eigenvalue weighted by Gasteiger charge is -2.28. The molecule has 0 N–H and O–H groups in total. The first kappa shape index (κ1) is 32.0. The van der Waals surface area contributed by atoms with E-state index in [2.05, 4.69) is 217 Å². The Kier molecular flexibility index (Phi) is 8.09. The first-order chi connectivity index (χ1) is 26.7. The first-order valence-electron chi connectivity index (χ1n) is 18.4. The number of rotatable bonds is 7. The Morgan fingerprint density at radius 3 is 1.63 bits per heavy atom. The highest BCUT2D eigenvalue weighted by molar-refractivity contribution is 7.25. The lowest BCUT2D eigenvalue weighted by atomic mass is 9.95. The van der Waals surface area contributed by atoms with Gasteiger partial charge < -0.3 is 4.90 Å². The molecular weight excluding hydrogens is 671 g/mol. The van der Waals surface area contributed by atoms with Crippen molar-refractivity contribution in [3.8, 4) is 44.5 Å². The van der Waals surface area contributed by atoms with Crippen LogP contribution < -0.4 is 4.90 Å². The molecule has 0 radical (unpaired) electrons. The lowest BCUT2D eigenvalue weighted by Crippen LogP contribution is -2.11. The molecule has 0 fully saturated rings. The van der Waals surface area contributed by atoms with Gasteiger partial charge in [0.25, 0.3) is 0 Å². The quantitative estimate of drug-likeness (QED) is 0.160. The van der Waals surface area contributed by atoms with Crippen LogP contribution in [-0.2, 0) is 0 Å². The van der Waals surface area contributed by atoms with E-state index in [1.165, 1.54) is 75.5 Å². The average molecular weight is 706 g/mol. The highest BCUT2D eigenvalue weighted by Crippen LogP contribution is 2.44. The van der Waals surface area contributed by atoms with Crippen molar-refractivity contribution in [1.29, 1.82) is 0 Å². The summed E-state index contributed by atoms with van der Waals surface area (Å²) >= 11 is 1.86. The summed E-state index contributed by atoms with van der Waals surface area (Å²) in [6.45, 7) is 0. The van der Waals surface area contributed by atoms with Gasteiger partial charge in [-0.25, -0.2) is 0 Å². The molecule has 0 aliphatic heterocycles. The zero-order valence-corrected chi connectivity index (χ0v) is 30.4. The van der Waals surface area contributed by atoms with Gasteiger partial charge in [0.2, 0.25) is 0 Å². The van der Waals surface area contributed by atoms with Crippen LogP contribution in [0.25, 0.3) is 75.5 Å². The number of benzene rings is 9. The topological polar surface area (TPSA) is 3.24 Å². The van der Waals surface area contributed by atoms with Crippen molar-refractivity contribution in [2.75, 3.05) is 4.90 Å². The predicted octanol–water partition coefficient (Wildman–Crippen LogP) is 15.3. The molecule has 0 unspecified atom stereocenters. The second-order valence-electron chi connectivity index (χ2n) is 13.8. The molecule has 1 aromatic heterocycles. The second kappa shape index (κ2) is 13.7. The van der Waals surface area contributed by atoms with Gasteiger partial charge in [0.15, 0.2) is 0 Å². The van der Waals surface area contributed by atoms with E-state index in [0.29, 0.717) is 0 Å². The van der Waals surface area contributed by atoms with Crippen molar-refractivity contribution in [3.63, 3.8) is 0 Å². The summed E-state index contributed by atoms with van der Waals surface area (Å²) in [6, 6.07) is 77.2. The van der Waals surface area contributed by atoms with Crippen LogP contribution in [0.1, 0.15) is 0 Å². The monoisotopic (exact) mass is 705 g/mol. The highest BCUT2D eigenvalue weighted by atomic mass is 32.1. The van der Waals surface area contributed by atoms with E-state index < -0.39 is 0 Å². The normalized spacial score (nSPS) is 11.3. The number of nitrogens with zero attached hydrogens (tertiary/aromatic N) is 1. The Morgan fingerprint density at radius 1 is 0.296 bits per heavy atom. The van der Waals surface area contributed by atoms with Crippen molar-refractivity contribution in [2.24, 2.45) is 0 Å². The van der Waals surface area contributed by atoms with Crippen molar-refractivity contribution in [3.05, 3.63) is 212 Å². The molecule has 2 heteroatoms. The number of fused-ring (bicyclic) bond motifs is 4. The molecule has 0 aliphatic carbocycles. The minimum absolute atomic E-state index is 1.11. The summed E-state index contributed by atoms with van der Waals surface area (Å²) < 4.78 is 2.60. The molecule has 54 heavy (non-hydrogen) atoms. The van der Waals surface area contributed by atoms with Crippen LogP contribution in [0, 0.1) is 0 Å². The van der Waals surface area contributed by atoms with Crippen LogP contribution in [-0.4, -0.2) is 0 Å². The Balaban J connectivity index is 1.03. The summed E-state index contributed by atoms with van der Waals surface area (Å²) in [5, 5.41) is 5.13. The van der Waals surface area contributed by atoms with Crippen LogP contribution in [0.5, 0.6) is 0 Å². The predicted molar refractivity (Wildman–Crippen MR) is 233 cm³/mol. The maximum Gasteiger partial charge on any atom is 0.0540 e. The molecule has 1 nitrogen and oxygen atoms in total. The largest absolute Gasteiger partial charge is 0.310 e. The summed E-state index contributed by atoms with van der Waals surface area (Å²) in [5.41, 5.74) is 13.0. The van der Waals surface area contributed by atoms with Crippen LogP contribution in [0.15, 0.2) is 212 Å². The molecular formula is C52H35NS.